The zero-order valence-electron chi connectivity index (χ0n) is 16.3. The fourth-order valence-electron chi connectivity index (χ4n) is 3.55. The molecule has 0 spiro atoms. The van der Waals surface area contributed by atoms with Crippen molar-refractivity contribution in [3.05, 3.63) is 87.7 Å². The summed E-state index contributed by atoms with van der Waals surface area (Å²) in [5, 5.41) is 9.08. The van der Waals surface area contributed by atoms with E-state index in [2.05, 4.69) is 20.3 Å². The first-order chi connectivity index (χ1) is 15.4. The fourth-order valence-corrected chi connectivity index (χ4v) is 3.55. The zero-order chi connectivity index (χ0) is 22.4. The third-order valence-corrected chi connectivity index (χ3v) is 5.06. The maximum Gasteiger partial charge on any atom is 0.254 e. The number of nitrogens with one attached hydrogen (secondary N) is 1. The fraction of sp³-hybridized carbons (Fsp3) is 0.0455. The lowest BCUT2D eigenvalue weighted by Crippen LogP contribution is -2.15. The highest BCUT2D eigenvalue weighted by molar-refractivity contribution is 5.94. The van der Waals surface area contributed by atoms with Crippen molar-refractivity contribution < 1.29 is 13.6 Å². The Hall–Kier alpha value is -4.47. The maximum absolute atomic E-state index is 14.2. The van der Waals surface area contributed by atoms with Gasteiger partial charge in [-0.15, -0.1) is 5.10 Å². The molecular weight excluding hydrogens is 418 g/mol. The van der Waals surface area contributed by atoms with Crippen LogP contribution in [-0.2, 0) is 6.54 Å². The number of benzene rings is 2. The molecule has 3 aromatic heterocycles. The molecule has 5 rings (SSSR count). The van der Waals surface area contributed by atoms with Crippen molar-refractivity contribution in [3.63, 3.8) is 0 Å². The van der Waals surface area contributed by atoms with Crippen molar-refractivity contribution >= 4 is 28.0 Å². The zero-order valence-corrected chi connectivity index (χ0v) is 16.3. The number of halogens is 2. The van der Waals surface area contributed by atoms with E-state index in [0.29, 0.717) is 23.2 Å². The molecule has 1 amide bonds. The van der Waals surface area contributed by atoms with E-state index in [0.717, 1.165) is 23.1 Å². The van der Waals surface area contributed by atoms with Crippen LogP contribution in [0.1, 0.15) is 15.9 Å². The van der Waals surface area contributed by atoms with Crippen LogP contribution in [0.2, 0.25) is 0 Å². The predicted molar refractivity (Wildman–Crippen MR) is 113 cm³/mol. The summed E-state index contributed by atoms with van der Waals surface area (Å²) in [5.74, 6) is -3.30. The molecule has 0 aliphatic heterocycles. The molecule has 0 unspecified atom stereocenters. The van der Waals surface area contributed by atoms with Gasteiger partial charge in [0.2, 0.25) is 5.56 Å². The van der Waals surface area contributed by atoms with E-state index in [1.54, 1.807) is 28.9 Å². The summed E-state index contributed by atoms with van der Waals surface area (Å²) in [6.45, 7) is 0.339. The van der Waals surface area contributed by atoms with Crippen molar-refractivity contribution in [2.75, 3.05) is 0 Å². The van der Waals surface area contributed by atoms with Gasteiger partial charge in [-0.2, -0.15) is 0 Å². The molecule has 0 saturated heterocycles. The van der Waals surface area contributed by atoms with Crippen LogP contribution < -0.4 is 11.3 Å². The lowest BCUT2D eigenvalue weighted by Gasteiger charge is -2.07. The molecule has 3 heterocycles. The summed E-state index contributed by atoms with van der Waals surface area (Å²) >= 11 is 0. The normalized spacial score (nSPS) is 11.3. The standard InChI is InChI=1S/C22H14F2N6O2/c23-14-8-13(9-15(24)20(14)21(25)32)17-4-5-18-22(27-17)30(29-28-18)10-11-1-3-16-12(7-11)2-6-19(31)26-16/h1-9H,10H2,(H2,25,32)(H,26,31). The first-order valence-corrected chi connectivity index (χ1v) is 9.50. The van der Waals surface area contributed by atoms with Crippen LogP contribution in [0.4, 0.5) is 8.78 Å². The number of hydrogen-bond acceptors (Lipinski definition) is 5. The number of nitrogens with zero attached hydrogens (tertiary/aromatic N) is 4. The lowest BCUT2D eigenvalue weighted by atomic mass is 10.1. The number of fused-ring (bicyclic) bond motifs is 2. The SMILES string of the molecule is NC(=O)c1c(F)cc(-c2ccc3nnn(Cc4ccc5[nH]c(=O)ccc5c4)c3n2)cc1F. The molecule has 32 heavy (non-hydrogen) atoms. The van der Waals surface area contributed by atoms with Gasteiger partial charge in [-0.25, -0.2) is 18.4 Å². The van der Waals surface area contributed by atoms with E-state index in [4.69, 9.17) is 5.73 Å². The second-order valence-corrected chi connectivity index (χ2v) is 7.21. The first-order valence-electron chi connectivity index (χ1n) is 9.50. The molecule has 10 heteroatoms. The molecule has 0 atom stereocenters. The van der Waals surface area contributed by atoms with Gasteiger partial charge in [0.25, 0.3) is 5.91 Å². The predicted octanol–water partition coefficient (Wildman–Crippen LogP) is 2.76. The molecule has 0 saturated carbocycles. The highest BCUT2D eigenvalue weighted by Crippen LogP contribution is 2.25. The van der Waals surface area contributed by atoms with Crippen LogP contribution in [0.3, 0.4) is 0 Å². The molecule has 8 nitrogen and oxygen atoms in total. The monoisotopic (exact) mass is 432 g/mol. The van der Waals surface area contributed by atoms with Gasteiger partial charge >= 0.3 is 0 Å². The summed E-state index contributed by atoms with van der Waals surface area (Å²) < 4.78 is 30.0. The van der Waals surface area contributed by atoms with Crippen LogP contribution in [0.5, 0.6) is 0 Å². The van der Waals surface area contributed by atoms with E-state index in [1.165, 1.54) is 6.07 Å². The van der Waals surface area contributed by atoms with Crippen molar-refractivity contribution in [1.29, 1.82) is 0 Å². The van der Waals surface area contributed by atoms with Gasteiger partial charge in [-0.1, -0.05) is 11.3 Å². The average molecular weight is 432 g/mol. The first kappa shape index (κ1) is 19.5. The number of aromatic nitrogens is 5. The smallest absolute Gasteiger partial charge is 0.254 e. The molecule has 5 aromatic rings. The molecule has 0 aliphatic rings. The van der Waals surface area contributed by atoms with Crippen LogP contribution in [0.25, 0.3) is 33.3 Å². The van der Waals surface area contributed by atoms with Gasteiger partial charge in [0.1, 0.15) is 22.7 Å². The minimum atomic E-state index is -1.18. The minimum Gasteiger partial charge on any atom is -0.365 e. The Kier molecular flexibility index (Phi) is 4.47. The van der Waals surface area contributed by atoms with Crippen molar-refractivity contribution in [1.82, 2.24) is 25.0 Å². The second-order valence-electron chi connectivity index (χ2n) is 7.21. The molecule has 158 valence electrons. The Labute approximate surface area is 178 Å². The number of rotatable bonds is 4. The van der Waals surface area contributed by atoms with Gasteiger partial charge in [-0.3, -0.25) is 9.59 Å². The van der Waals surface area contributed by atoms with Crippen LogP contribution in [0.15, 0.2) is 59.4 Å². The van der Waals surface area contributed by atoms with Gasteiger partial charge in [0.05, 0.1) is 12.2 Å². The number of H-pyrrole nitrogens is 1. The van der Waals surface area contributed by atoms with Gasteiger partial charge in [-0.05, 0) is 53.4 Å². The van der Waals surface area contributed by atoms with Crippen LogP contribution >= 0.6 is 0 Å². The number of carbonyl (C=O) groups excluding carboxylic acids is 1. The second kappa shape index (κ2) is 7.34. The number of hydrogen-bond donors (Lipinski definition) is 2. The number of aromatic amines is 1. The van der Waals surface area contributed by atoms with Gasteiger partial charge < -0.3 is 10.7 Å². The molecule has 0 radical (unpaired) electrons. The van der Waals surface area contributed by atoms with Crippen LogP contribution in [-0.4, -0.2) is 30.9 Å². The molecule has 3 N–H and O–H groups in total. The Morgan fingerprint density at radius 3 is 2.56 bits per heavy atom. The Bertz CT molecular complexity index is 1570. The topological polar surface area (TPSA) is 120 Å². The summed E-state index contributed by atoms with van der Waals surface area (Å²) in [6, 6.07) is 14.0. The largest absolute Gasteiger partial charge is 0.365 e. The molecule has 0 fully saturated rings. The van der Waals surface area contributed by atoms with Crippen molar-refractivity contribution in [2.24, 2.45) is 5.73 Å². The molecule has 0 bridgehead atoms. The molecule has 2 aromatic carbocycles. The van der Waals surface area contributed by atoms with Crippen LogP contribution in [0, 0.1) is 11.6 Å². The van der Waals surface area contributed by atoms with Gasteiger partial charge in [0.15, 0.2) is 5.65 Å². The van der Waals surface area contributed by atoms with E-state index in [9.17, 15) is 18.4 Å². The summed E-state index contributed by atoms with van der Waals surface area (Å²) in [6.07, 6.45) is 0. The maximum atomic E-state index is 14.2. The van der Waals surface area contributed by atoms with E-state index in [1.807, 2.05) is 12.1 Å². The number of pyridine rings is 2. The average Bonchev–Trinajstić information content (AvgIpc) is 3.15. The van der Waals surface area contributed by atoms with Crippen molar-refractivity contribution in [3.8, 4) is 11.3 Å². The molecule has 0 aliphatic carbocycles. The Morgan fingerprint density at radius 2 is 1.81 bits per heavy atom. The lowest BCUT2D eigenvalue weighted by molar-refractivity contribution is 0.0992. The Morgan fingerprint density at radius 1 is 1.03 bits per heavy atom. The van der Waals surface area contributed by atoms with E-state index in [-0.39, 0.29) is 16.8 Å². The summed E-state index contributed by atoms with van der Waals surface area (Å²) in [4.78, 5) is 29.9. The minimum absolute atomic E-state index is 0.148. The number of amides is 1. The third kappa shape index (κ3) is 3.37. The molecular formula is C22H14F2N6O2. The van der Waals surface area contributed by atoms with E-state index < -0.39 is 23.1 Å². The number of nitrogens with two attached hydrogens (primary N) is 1. The number of primary amides is 1. The Balaban J connectivity index is 1.54. The number of carbonyl (C=O) groups is 1. The summed E-state index contributed by atoms with van der Waals surface area (Å²) in [5.41, 5.74) is 7.03. The summed E-state index contributed by atoms with van der Waals surface area (Å²) in [7, 11) is 0. The third-order valence-electron chi connectivity index (χ3n) is 5.06. The van der Waals surface area contributed by atoms with Crippen molar-refractivity contribution in [2.45, 2.75) is 6.54 Å². The highest BCUT2D eigenvalue weighted by atomic mass is 19.1. The quantitative estimate of drug-likeness (QED) is 0.453. The van der Waals surface area contributed by atoms with E-state index >= 15 is 0 Å². The van der Waals surface area contributed by atoms with Gasteiger partial charge in [0, 0.05) is 17.1 Å². The highest BCUT2D eigenvalue weighted by Gasteiger charge is 2.18.